The number of carbonyl (C=O) groups excluding carboxylic acids is 1. The van der Waals surface area contributed by atoms with Crippen molar-refractivity contribution in [3.05, 3.63) is 0 Å². The van der Waals surface area contributed by atoms with Crippen LogP contribution in [0.1, 0.15) is 19.8 Å². The van der Waals surface area contributed by atoms with Gasteiger partial charge in [-0.2, -0.15) is 10.5 Å². The second-order valence-corrected chi connectivity index (χ2v) is 4.27. The molecular weight excluding hydrogens is 216 g/mol. The van der Waals surface area contributed by atoms with Gasteiger partial charge in [0.2, 0.25) is 5.91 Å². The molecule has 0 saturated heterocycles. The fourth-order valence-corrected chi connectivity index (χ4v) is 1.42. The minimum absolute atomic E-state index is 0.0218. The maximum atomic E-state index is 11.6. The summed E-state index contributed by atoms with van der Waals surface area (Å²) in [7, 11) is 3.61. The molecule has 5 heteroatoms. The van der Waals surface area contributed by atoms with Gasteiger partial charge in [-0.3, -0.25) is 4.79 Å². The molecule has 0 aliphatic heterocycles. The minimum atomic E-state index is -0.0218. The second kappa shape index (κ2) is 8.55. The first-order valence-corrected chi connectivity index (χ1v) is 5.70. The number of hydrogen-bond acceptors (Lipinski definition) is 4. The van der Waals surface area contributed by atoms with E-state index in [-0.39, 0.29) is 11.8 Å². The smallest absolute Gasteiger partial charge is 0.223 e. The van der Waals surface area contributed by atoms with Crippen LogP contribution in [0.3, 0.4) is 0 Å². The predicted octanol–water partition coefficient (Wildman–Crippen LogP) is 0.840. The topological polar surface area (TPSA) is 71.1 Å². The summed E-state index contributed by atoms with van der Waals surface area (Å²) in [5, 5.41) is 17.1. The highest BCUT2D eigenvalue weighted by molar-refractivity contribution is 5.76. The summed E-state index contributed by atoms with van der Waals surface area (Å²) in [5.41, 5.74) is 0. The zero-order valence-corrected chi connectivity index (χ0v) is 10.8. The van der Waals surface area contributed by atoms with Crippen LogP contribution >= 0.6 is 0 Å². The third-order valence-electron chi connectivity index (χ3n) is 2.50. The number of nitriles is 2. The third-order valence-corrected chi connectivity index (χ3v) is 2.50. The fourth-order valence-electron chi connectivity index (χ4n) is 1.42. The molecule has 0 bridgehead atoms. The molecule has 0 aromatic carbocycles. The van der Waals surface area contributed by atoms with Gasteiger partial charge in [-0.15, -0.1) is 0 Å². The largest absolute Gasteiger partial charge is 0.345 e. The highest BCUT2D eigenvalue weighted by Crippen LogP contribution is 1.99. The summed E-state index contributed by atoms with van der Waals surface area (Å²) in [6.45, 7) is 3.65. The first-order chi connectivity index (χ1) is 8.01. The third kappa shape index (κ3) is 7.32. The fraction of sp³-hybridized carbons (Fsp3) is 0.750. The van der Waals surface area contributed by atoms with Crippen molar-refractivity contribution in [1.29, 1.82) is 10.5 Å². The van der Waals surface area contributed by atoms with Gasteiger partial charge in [0.05, 0.1) is 24.5 Å². The Morgan fingerprint density at radius 1 is 1.29 bits per heavy atom. The molecule has 0 aliphatic rings. The molecule has 0 aliphatic carbocycles. The molecule has 1 unspecified atom stereocenters. The van der Waals surface area contributed by atoms with Crippen LogP contribution in [0.5, 0.6) is 0 Å². The van der Waals surface area contributed by atoms with Crippen LogP contribution in [0.15, 0.2) is 0 Å². The van der Waals surface area contributed by atoms with Crippen molar-refractivity contribution >= 4 is 5.91 Å². The Balaban J connectivity index is 3.84. The van der Waals surface area contributed by atoms with E-state index in [1.807, 2.05) is 24.9 Å². The quantitative estimate of drug-likeness (QED) is 0.656. The molecule has 0 radical (unpaired) electrons. The number of carbonyl (C=O) groups is 1. The predicted molar refractivity (Wildman–Crippen MR) is 64.8 cm³/mol. The Labute approximate surface area is 103 Å². The van der Waals surface area contributed by atoms with E-state index in [1.54, 1.807) is 11.9 Å². The number of hydrogen-bond donors (Lipinski definition) is 0. The van der Waals surface area contributed by atoms with E-state index in [4.69, 9.17) is 10.5 Å². The van der Waals surface area contributed by atoms with Gasteiger partial charge < -0.3 is 9.80 Å². The lowest BCUT2D eigenvalue weighted by Crippen LogP contribution is -2.32. The van der Waals surface area contributed by atoms with Crippen LogP contribution in [-0.4, -0.2) is 49.4 Å². The molecule has 0 aromatic heterocycles. The SMILES string of the molecule is CC(C#N)CN(C)CCC(=O)N(C)CCC#N. The summed E-state index contributed by atoms with van der Waals surface area (Å²) < 4.78 is 0. The van der Waals surface area contributed by atoms with E-state index in [0.717, 1.165) is 0 Å². The highest BCUT2D eigenvalue weighted by Gasteiger charge is 2.11. The van der Waals surface area contributed by atoms with Crippen LogP contribution < -0.4 is 0 Å². The zero-order chi connectivity index (χ0) is 13.3. The van der Waals surface area contributed by atoms with E-state index in [1.165, 1.54) is 0 Å². The lowest BCUT2D eigenvalue weighted by Gasteiger charge is -2.20. The van der Waals surface area contributed by atoms with Gasteiger partial charge in [0.15, 0.2) is 0 Å². The molecule has 0 rings (SSSR count). The van der Waals surface area contributed by atoms with Crippen molar-refractivity contribution < 1.29 is 4.79 Å². The average molecular weight is 236 g/mol. The normalized spacial score (nSPS) is 11.6. The van der Waals surface area contributed by atoms with Crippen molar-refractivity contribution in [1.82, 2.24) is 9.80 Å². The number of amides is 1. The molecule has 17 heavy (non-hydrogen) atoms. The van der Waals surface area contributed by atoms with Crippen LogP contribution in [-0.2, 0) is 4.79 Å². The van der Waals surface area contributed by atoms with Gasteiger partial charge in [-0.1, -0.05) is 0 Å². The summed E-state index contributed by atoms with van der Waals surface area (Å²) in [6.07, 6.45) is 0.792. The van der Waals surface area contributed by atoms with E-state index >= 15 is 0 Å². The van der Waals surface area contributed by atoms with Gasteiger partial charge in [-0.05, 0) is 14.0 Å². The van der Waals surface area contributed by atoms with Crippen molar-refractivity contribution in [2.24, 2.45) is 5.92 Å². The molecular formula is C12H20N4O. The minimum Gasteiger partial charge on any atom is -0.345 e. The van der Waals surface area contributed by atoms with E-state index in [9.17, 15) is 4.79 Å². The van der Waals surface area contributed by atoms with Gasteiger partial charge in [0.25, 0.3) is 0 Å². The Hall–Kier alpha value is -1.59. The molecule has 1 atom stereocenters. The van der Waals surface area contributed by atoms with Gasteiger partial charge in [-0.25, -0.2) is 0 Å². The monoisotopic (exact) mass is 236 g/mol. The Bertz CT molecular complexity index is 315. The van der Waals surface area contributed by atoms with Gasteiger partial charge in [0, 0.05) is 33.1 Å². The van der Waals surface area contributed by atoms with Crippen molar-refractivity contribution in [3.8, 4) is 12.1 Å². The second-order valence-electron chi connectivity index (χ2n) is 4.27. The summed E-state index contributed by atoms with van der Waals surface area (Å²) in [5.74, 6) is 0.0168. The van der Waals surface area contributed by atoms with E-state index in [0.29, 0.717) is 32.5 Å². The maximum Gasteiger partial charge on any atom is 0.223 e. The molecule has 0 N–H and O–H groups in total. The molecule has 0 spiro atoms. The highest BCUT2D eigenvalue weighted by atomic mass is 16.2. The molecule has 0 fully saturated rings. The molecule has 1 amide bonds. The lowest BCUT2D eigenvalue weighted by molar-refractivity contribution is -0.130. The summed E-state index contributed by atoms with van der Waals surface area (Å²) >= 11 is 0. The van der Waals surface area contributed by atoms with Crippen LogP contribution in [0, 0.1) is 28.6 Å². The number of rotatable bonds is 7. The first kappa shape index (κ1) is 15.4. The molecule has 0 saturated carbocycles. The zero-order valence-electron chi connectivity index (χ0n) is 10.8. The first-order valence-electron chi connectivity index (χ1n) is 5.70. The standard InChI is InChI=1S/C12H20N4O/c1-11(9-14)10-15(2)8-5-12(17)16(3)7-4-6-13/h11H,4-5,7-8,10H2,1-3H3. The Kier molecular flexibility index (Phi) is 7.75. The van der Waals surface area contributed by atoms with E-state index in [2.05, 4.69) is 6.07 Å². The molecule has 0 aromatic rings. The van der Waals surface area contributed by atoms with Gasteiger partial charge >= 0.3 is 0 Å². The summed E-state index contributed by atoms with van der Waals surface area (Å²) in [6, 6.07) is 4.17. The van der Waals surface area contributed by atoms with E-state index < -0.39 is 0 Å². The number of nitrogens with zero attached hydrogens (tertiary/aromatic N) is 4. The van der Waals surface area contributed by atoms with Crippen molar-refractivity contribution in [3.63, 3.8) is 0 Å². The molecule has 0 heterocycles. The Morgan fingerprint density at radius 2 is 1.94 bits per heavy atom. The van der Waals surface area contributed by atoms with Crippen LogP contribution in [0.4, 0.5) is 0 Å². The maximum absolute atomic E-state index is 11.6. The molecule has 94 valence electrons. The van der Waals surface area contributed by atoms with Gasteiger partial charge in [0.1, 0.15) is 0 Å². The van der Waals surface area contributed by atoms with Crippen molar-refractivity contribution in [2.75, 3.05) is 33.7 Å². The average Bonchev–Trinajstić information content (AvgIpc) is 2.32. The summed E-state index contributed by atoms with van der Waals surface area (Å²) in [4.78, 5) is 15.2. The van der Waals surface area contributed by atoms with Crippen molar-refractivity contribution in [2.45, 2.75) is 19.8 Å². The molecule has 5 nitrogen and oxygen atoms in total. The Morgan fingerprint density at radius 3 is 2.47 bits per heavy atom. The van der Waals surface area contributed by atoms with Crippen LogP contribution in [0.2, 0.25) is 0 Å². The lowest BCUT2D eigenvalue weighted by atomic mass is 10.2. The van der Waals surface area contributed by atoms with Crippen LogP contribution in [0.25, 0.3) is 0 Å².